The monoisotopic (exact) mass is 374 g/mol. The molecule has 0 aliphatic carbocycles. The zero-order chi connectivity index (χ0) is 18.7. The minimum absolute atomic E-state index is 0.0253. The zero-order valence-corrected chi connectivity index (χ0v) is 16.6. The van der Waals surface area contributed by atoms with Gasteiger partial charge in [-0.3, -0.25) is 4.79 Å². The molecule has 1 fully saturated rings. The molecular formula is C18H26N4O3Si. The highest BCUT2D eigenvalue weighted by Gasteiger charge is 2.23. The fraction of sp³-hybridized carbons (Fsp3) is 0.556. The Bertz CT molecular complexity index is 869. The van der Waals surface area contributed by atoms with E-state index in [1.165, 1.54) is 6.20 Å². The molecule has 7 nitrogen and oxygen atoms in total. The Labute approximate surface area is 153 Å². The van der Waals surface area contributed by atoms with Crippen molar-refractivity contribution >= 4 is 19.0 Å². The van der Waals surface area contributed by atoms with E-state index in [9.17, 15) is 10.1 Å². The first-order chi connectivity index (χ1) is 12.4. The van der Waals surface area contributed by atoms with Crippen LogP contribution in [-0.2, 0) is 16.2 Å². The maximum atomic E-state index is 12.5. The van der Waals surface area contributed by atoms with Crippen LogP contribution >= 0.6 is 0 Å². The van der Waals surface area contributed by atoms with Crippen molar-refractivity contribution in [1.29, 1.82) is 5.26 Å². The predicted octanol–water partition coefficient (Wildman–Crippen LogP) is 2.17. The normalized spacial score (nSPS) is 18.2. The van der Waals surface area contributed by atoms with E-state index < -0.39 is 8.07 Å². The first kappa shape index (κ1) is 18.9. The summed E-state index contributed by atoms with van der Waals surface area (Å²) in [6.07, 6.45) is 1.47. The second-order valence-electron chi connectivity index (χ2n) is 7.83. The van der Waals surface area contributed by atoms with Crippen LogP contribution in [0.25, 0.3) is 10.9 Å². The van der Waals surface area contributed by atoms with E-state index in [1.54, 1.807) is 0 Å². The molecule has 2 aromatic rings. The molecule has 1 saturated heterocycles. The molecule has 2 aromatic heterocycles. The second-order valence-corrected chi connectivity index (χ2v) is 13.5. The van der Waals surface area contributed by atoms with Crippen molar-refractivity contribution in [3.05, 3.63) is 33.9 Å². The molecule has 0 bridgehead atoms. The molecule has 1 atom stereocenters. The molecule has 1 aliphatic rings. The maximum Gasteiger partial charge on any atom is 0.272 e. The third kappa shape index (κ3) is 4.07. The number of morpholine rings is 1. The lowest BCUT2D eigenvalue weighted by Gasteiger charge is -2.25. The molecule has 3 rings (SSSR count). The topological polar surface area (TPSA) is 92.1 Å². The summed E-state index contributed by atoms with van der Waals surface area (Å²) in [7, 11) is -1.18. The highest BCUT2D eigenvalue weighted by Crippen LogP contribution is 2.26. The molecule has 2 N–H and O–H groups in total. The molecule has 0 amide bonds. The zero-order valence-electron chi connectivity index (χ0n) is 15.6. The number of hydrogen-bond donors (Lipinski definition) is 2. The lowest BCUT2D eigenvalue weighted by molar-refractivity contribution is 0.0634. The average molecular weight is 375 g/mol. The Balaban J connectivity index is 1.97. The van der Waals surface area contributed by atoms with Crippen molar-refractivity contribution in [3.63, 3.8) is 0 Å². The van der Waals surface area contributed by atoms with Crippen molar-refractivity contribution in [1.82, 2.24) is 14.9 Å². The van der Waals surface area contributed by atoms with E-state index in [0.29, 0.717) is 43.0 Å². The van der Waals surface area contributed by atoms with Crippen molar-refractivity contribution in [3.8, 4) is 6.07 Å². The van der Waals surface area contributed by atoms with Crippen LogP contribution in [0.15, 0.2) is 17.1 Å². The molecule has 1 unspecified atom stereocenters. The summed E-state index contributed by atoms with van der Waals surface area (Å²) < 4.78 is 13.4. The minimum Gasteiger partial charge on any atom is -0.378 e. The largest absolute Gasteiger partial charge is 0.378 e. The third-order valence-corrected chi connectivity index (χ3v) is 6.30. The number of rotatable bonds is 6. The number of nitriles is 1. The summed E-state index contributed by atoms with van der Waals surface area (Å²) in [5, 5.41) is 13.5. The van der Waals surface area contributed by atoms with Gasteiger partial charge in [0.2, 0.25) is 0 Å². The molecule has 0 aromatic carbocycles. The average Bonchev–Trinajstić information content (AvgIpc) is 2.99. The molecular weight excluding hydrogens is 348 g/mol. The molecule has 0 radical (unpaired) electrons. The Morgan fingerprint density at radius 3 is 2.92 bits per heavy atom. The Hall–Kier alpha value is -1.92. The molecule has 26 heavy (non-hydrogen) atoms. The molecule has 1 aliphatic heterocycles. The van der Waals surface area contributed by atoms with Crippen molar-refractivity contribution in [2.45, 2.75) is 38.5 Å². The summed E-state index contributed by atoms with van der Waals surface area (Å²) in [5.41, 5.74) is 1.65. The highest BCUT2D eigenvalue weighted by atomic mass is 28.3. The fourth-order valence-electron chi connectivity index (χ4n) is 3.11. The number of hydrogen-bond acceptors (Lipinski definition) is 5. The van der Waals surface area contributed by atoms with Gasteiger partial charge in [0.25, 0.3) is 5.56 Å². The van der Waals surface area contributed by atoms with Gasteiger partial charge in [0.15, 0.2) is 0 Å². The fourth-order valence-corrected chi connectivity index (χ4v) is 3.87. The van der Waals surface area contributed by atoms with Gasteiger partial charge in [-0.1, -0.05) is 19.6 Å². The van der Waals surface area contributed by atoms with E-state index in [4.69, 9.17) is 9.47 Å². The van der Waals surface area contributed by atoms with Gasteiger partial charge < -0.3 is 24.3 Å². The molecule has 8 heteroatoms. The SMILES string of the molecule is C[Si](C)(C)CCOCn1c(C2COCCN2)cc2c(C#N)c[nH]c(=O)c21. The molecule has 0 saturated carbocycles. The summed E-state index contributed by atoms with van der Waals surface area (Å²) in [6.45, 7) is 9.83. The Kier molecular flexibility index (Phi) is 5.63. The van der Waals surface area contributed by atoms with Crippen LogP contribution in [0.4, 0.5) is 0 Å². The van der Waals surface area contributed by atoms with Gasteiger partial charge in [-0.15, -0.1) is 0 Å². The lowest BCUT2D eigenvalue weighted by Crippen LogP contribution is -2.36. The van der Waals surface area contributed by atoms with Crippen LogP contribution in [0.5, 0.6) is 0 Å². The van der Waals surface area contributed by atoms with Crippen molar-refractivity contribution in [2.24, 2.45) is 0 Å². The van der Waals surface area contributed by atoms with Crippen LogP contribution in [0, 0.1) is 11.3 Å². The number of H-pyrrole nitrogens is 1. The van der Waals surface area contributed by atoms with Crippen molar-refractivity contribution < 1.29 is 9.47 Å². The molecule has 140 valence electrons. The Morgan fingerprint density at radius 2 is 2.27 bits per heavy atom. The summed E-state index contributed by atoms with van der Waals surface area (Å²) in [4.78, 5) is 15.1. The smallest absolute Gasteiger partial charge is 0.272 e. The summed E-state index contributed by atoms with van der Waals surface area (Å²) >= 11 is 0. The number of fused-ring (bicyclic) bond motifs is 1. The number of pyridine rings is 1. The van der Waals surface area contributed by atoms with Gasteiger partial charge in [0, 0.05) is 38.5 Å². The van der Waals surface area contributed by atoms with E-state index in [0.717, 1.165) is 18.3 Å². The van der Waals surface area contributed by atoms with E-state index in [1.807, 2.05) is 10.6 Å². The minimum atomic E-state index is -1.18. The van der Waals surface area contributed by atoms with E-state index in [-0.39, 0.29) is 11.6 Å². The first-order valence-electron chi connectivity index (χ1n) is 8.94. The van der Waals surface area contributed by atoms with Gasteiger partial charge in [-0.25, -0.2) is 0 Å². The number of aromatic nitrogens is 2. The van der Waals surface area contributed by atoms with Gasteiger partial charge >= 0.3 is 0 Å². The van der Waals surface area contributed by atoms with Crippen LogP contribution < -0.4 is 10.9 Å². The standard InChI is InChI=1S/C18H26N4O3Si/c1-26(2,3)7-6-25-12-22-16(15-11-24-5-4-20-15)8-14-13(9-19)10-21-18(23)17(14)22/h8,10,15,20H,4-7,11-12H2,1-3H3,(H,21,23). The number of nitrogens with zero attached hydrogens (tertiary/aromatic N) is 2. The predicted molar refractivity (Wildman–Crippen MR) is 103 cm³/mol. The highest BCUT2D eigenvalue weighted by molar-refractivity contribution is 6.76. The number of ether oxygens (including phenoxy) is 2. The summed E-state index contributed by atoms with van der Waals surface area (Å²) in [5.74, 6) is 0. The van der Waals surface area contributed by atoms with Crippen LogP contribution in [0.3, 0.4) is 0 Å². The molecule has 0 spiro atoms. The quantitative estimate of drug-likeness (QED) is 0.597. The number of aromatic amines is 1. The lowest BCUT2D eigenvalue weighted by atomic mass is 10.1. The van der Waals surface area contributed by atoms with Gasteiger partial charge in [0.1, 0.15) is 18.3 Å². The van der Waals surface area contributed by atoms with E-state index in [2.05, 4.69) is 36.0 Å². The first-order valence-corrected chi connectivity index (χ1v) is 12.7. The summed E-state index contributed by atoms with van der Waals surface area (Å²) in [6, 6.07) is 5.11. The van der Waals surface area contributed by atoms with Crippen LogP contribution in [0.2, 0.25) is 25.7 Å². The van der Waals surface area contributed by atoms with Gasteiger partial charge in [-0.2, -0.15) is 5.26 Å². The van der Waals surface area contributed by atoms with Crippen molar-refractivity contribution in [2.75, 3.05) is 26.4 Å². The van der Waals surface area contributed by atoms with E-state index >= 15 is 0 Å². The van der Waals surface area contributed by atoms with Gasteiger partial charge in [-0.05, 0) is 12.1 Å². The van der Waals surface area contributed by atoms with Crippen LogP contribution in [0.1, 0.15) is 17.3 Å². The Morgan fingerprint density at radius 1 is 1.46 bits per heavy atom. The van der Waals surface area contributed by atoms with Crippen LogP contribution in [-0.4, -0.2) is 44.0 Å². The third-order valence-electron chi connectivity index (χ3n) is 4.60. The second kappa shape index (κ2) is 7.76. The number of nitrogens with one attached hydrogen (secondary N) is 2. The molecule has 3 heterocycles. The van der Waals surface area contributed by atoms with Gasteiger partial charge in [0.05, 0.1) is 24.8 Å². The maximum absolute atomic E-state index is 12.5.